The summed E-state index contributed by atoms with van der Waals surface area (Å²) in [5.74, 6) is 0.472. The Labute approximate surface area is 139 Å². The monoisotopic (exact) mass is 343 g/mol. The smallest absolute Gasteiger partial charge is 0.139 e. The molecule has 0 amide bonds. The fraction of sp³-hybridized carbons (Fsp3) is 0.400. The molecular weight excluding hydrogens is 325 g/mol. The van der Waals surface area contributed by atoms with Crippen LogP contribution in [0, 0.1) is 6.92 Å². The fourth-order valence-corrected chi connectivity index (χ4v) is 2.22. The molecule has 0 bridgehead atoms. The number of nitrogens with zero attached hydrogens (tertiary/aromatic N) is 2. The Balaban J connectivity index is 1.65. The highest BCUT2D eigenvalue weighted by Crippen LogP contribution is 2.27. The van der Waals surface area contributed by atoms with Gasteiger partial charge >= 0.3 is 0 Å². The number of aromatic nitrogens is 2. The highest BCUT2D eigenvalue weighted by molar-refractivity contribution is 6.34. The van der Waals surface area contributed by atoms with Gasteiger partial charge in [-0.3, -0.25) is 4.68 Å². The molecule has 0 spiro atoms. The van der Waals surface area contributed by atoms with Gasteiger partial charge in [0.1, 0.15) is 18.5 Å². The van der Waals surface area contributed by atoms with Crippen molar-refractivity contribution >= 4 is 23.2 Å². The lowest BCUT2D eigenvalue weighted by Crippen LogP contribution is -2.33. The third-order valence-corrected chi connectivity index (χ3v) is 3.53. The maximum absolute atomic E-state index is 9.89. The Kier molecular flexibility index (Phi) is 6.51. The van der Waals surface area contributed by atoms with E-state index in [-0.39, 0.29) is 6.61 Å². The number of hydrogen-bond donors (Lipinski definition) is 2. The highest BCUT2D eigenvalue weighted by Gasteiger charge is 2.08. The zero-order valence-corrected chi connectivity index (χ0v) is 13.8. The van der Waals surface area contributed by atoms with Crippen LogP contribution in [-0.2, 0) is 6.54 Å². The molecule has 5 nitrogen and oxygen atoms in total. The van der Waals surface area contributed by atoms with E-state index in [1.54, 1.807) is 18.2 Å². The van der Waals surface area contributed by atoms with Crippen molar-refractivity contribution < 1.29 is 9.84 Å². The van der Waals surface area contributed by atoms with Crippen LogP contribution in [0.4, 0.5) is 0 Å². The molecule has 0 aliphatic carbocycles. The molecule has 0 aliphatic rings. The molecule has 1 heterocycles. The summed E-state index contributed by atoms with van der Waals surface area (Å²) in [4.78, 5) is 0. The molecule has 2 N–H and O–H groups in total. The Morgan fingerprint density at radius 3 is 2.95 bits per heavy atom. The lowest BCUT2D eigenvalue weighted by molar-refractivity contribution is 0.106. The first kappa shape index (κ1) is 17.1. The molecule has 1 atom stereocenters. The Bertz CT molecular complexity index is 604. The van der Waals surface area contributed by atoms with Crippen LogP contribution in [0.5, 0.6) is 5.75 Å². The Morgan fingerprint density at radius 1 is 1.41 bits per heavy atom. The van der Waals surface area contributed by atoms with E-state index < -0.39 is 6.10 Å². The zero-order chi connectivity index (χ0) is 15.9. The fourth-order valence-electron chi connectivity index (χ4n) is 1.88. The molecular formula is C15H19Cl2N3O2. The van der Waals surface area contributed by atoms with Gasteiger partial charge in [0, 0.05) is 30.4 Å². The number of aliphatic hydroxyl groups is 1. The second kappa shape index (κ2) is 8.39. The van der Waals surface area contributed by atoms with Crippen molar-refractivity contribution in [1.82, 2.24) is 15.1 Å². The van der Waals surface area contributed by atoms with E-state index in [0.717, 1.165) is 18.7 Å². The normalized spacial score (nSPS) is 12.4. The number of aliphatic hydroxyl groups excluding tert-OH is 1. The minimum atomic E-state index is -0.630. The summed E-state index contributed by atoms with van der Waals surface area (Å²) in [6.45, 7) is 4.04. The van der Waals surface area contributed by atoms with Gasteiger partial charge in [-0.1, -0.05) is 23.2 Å². The van der Waals surface area contributed by atoms with Crippen LogP contribution in [0.2, 0.25) is 10.0 Å². The van der Waals surface area contributed by atoms with Crippen LogP contribution in [0.1, 0.15) is 5.56 Å². The zero-order valence-electron chi connectivity index (χ0n) is 12.3. The first-order valence-electron chi connectivity index (χ1n) is 7.00. The van der Waals surface area contributed by atoms with Crippen molar-refractivity contribution in [2.75, 3.05) is 19.7 Å². The van der Waals surface area contributed by atoms with Gasteiger partial charge in [-0.2, -0.15) is 5.10 Å². The molecule has 22 heavy (non-hydrogen) atoms. The molecule has 0 saturated heterocycles. The van der Waals surface area contributed by atoms with Gasteiger partial charge in [-0.25, -0.2) is 0 Å². The average molecular weight is 344 g/mol. The van der Waals surface area contributed by atoms with Gasteiger partial charge in [0.25, 0.3) is 0 Å². The van der Waals surface area contributed by atoms with E-state index >= 15 is 0 Å². The quantitative estimate of drug-likeness (QED) is 0.723. The predicted molar refractivity (Wildman–Crippen MR) is 87.8 cm³/mol. The average Bonchev–Trinajstić information content (AvgIpc) is 2.90. The largest absolute Gasteiger partial charge is 0.489 e. The summed E-state index contributed by atoms with van der Waals surface area (Å²) >= 11 is 11.9. The van der Waals surface area contributed by atoms with Crippen molar-refractivity contribution in [3.8, 4) is 5.75 Å². The predicted octanol–water partition coefficient (Wildman–Crippen LogP) is 2.53. The summed E-state index contributed by atoms with van der Waals surface area (Å²) in [5, 5.41) is 18.2. The molecule has 0 saturated carbocycles. The van der Waals surface area contributed by atoms with Crippen LogP contribution in [0.25, 0.3) is 0 Å². The standard InChI is InChI=1S/C15H19Cl2N3O2/c1-11-7-19-20(9-11)5-4-18-8-13(21)10-22-15-6-12(16)2-3-14(15)17/h2-3,6-7,9,13,18,21H,4-5,8,10H2,1H3/t13-/m0/s1. The molecule has 120 valence electrons. The van der Waals surface area contributed by atoms with Gasteiger partial charge in [0.05, 0.1) is 17.8 Å². The number of benzene rings is 1. The molecule has 0 aliphatic heterocycles. The molecule has 0 radical (unpaired) electrons. The molecule has 0 fully saturated rings. The van der Waals surface area contributed by atoms with Crippen LogP contribution in [-0.4, -0.2) is 40.7 Å². The third-order valence-electron chi connectivity index (χ3n) is 2.98. The van der Waals surface area contributed by atoms with Crippen LogP contribution >= 0.6 is 23.2 Å². The van der Waals surface area contributed by atoms with Crippen molar-refractivity contribution in [3.05, 3.63) is 46.2 Å². The first-order valence-corrected chi connectivity index (χ1v) is 7.76. The molecule has 2 rings (SSSR count). The summed E-state index contributed by atoms with van der Waals surface area (Å²) in [6.07, 6.45) is 3.16. The number of hydrogen-bond acceptors (Lipinski definition) is 4. The van der Waals surface area contributed by atoms with Crippen molar-refractivity contribution in [1.29, 1.82) is 0 Å². The van der Waals surface area contributed by atoms with Crippen molar-refractivity contribution in [3.63, 3.8) is 0 Å². The number of rotatable bonds is 8. The third kappa shape index (κ3) is 5.50. The number of aryl methyl sites for hydroxylation is 1. The molecule has 2 aromatic rings. The van der Waals surface area contributed by atoms with E-state index in [0.29, 0.717) is 22.3 Å². The summed E-state index contributed by atoms with van der Waals surface area (Å²) in [7, 11) is 0. The van der Waals surface area contributed by atoms with E-state index in [1.165, 1.54) is 0 Å². The maximum atomic E-state index is 9.89. The highest BCUT2D eigenvalue weighted by atomic mass is 35.5. The second-order valence-corrected chi connectivity index (χ2v) is 5.87. The summed E-state index contributed by atoms with van der Waals surface area (Å²) in [5.41, 5.74) is 1.13. The minimum Gasteiger partial charge on any atom is -0.489 e. The number of halogens is 2. The molecule has 1 aromatic heterocycles. The van der Waals surface area contributed by atoms with Gasteiger partial charge in [0.2, 0.25) is 0 Å². The summed E-state index contributed by atoms with van der Waals surface area (Å²) < 4.78 is 7.33. The molecule has 0 unspecified atom stereocenters. The minimum absolute atomic E-state index is 0.147. The van der Waals surface area contributed by atoms with E-state index in [2.05, 4.69) is 10.4 Å². The van der Waals surface area contributed by atoms with Gasteiger partial charge < -0.3 is 15.2 Å². The lowest BCUT2D eigenvalue weighted by atomic mass is 10.3. The lowest BCUT2D eigenvalue weighted by Gasteiger charge is -2.14. The Morgan fingerprint density at radius 2 is 2.23 bits per heavy atom. The Hall–Kier alpha value is -1.27. The molecule has 7 heteroatoms. The van der Waals surface area contributed by atoms with Gasteiger partial charge in [-0.05, 0) is 24.6 Å². The number of nitrogens with one attached hydrogen (secondary N) is 1. The van der Waals surface area contributed by atoms with E-state index in [4.69, 9.17) is 27.9 Å². The van der Waals surface area contributed by atoms with Gasteiger partial charge in [0.15, 0.2) is 0 Å². The topological polar surface area (TPSA) is 59.3 Å². The van der Waals surface area contributed by atoms with Crippen LogP contribution < -0.4 is 10.1 Å². The van der Waals surface area contributed by atoms with Crippen LogP contribution in [0.3, 0.4) is 0 Å². The maximum Gasteiger partial charge on any atom is 0.139 e. The SMILES string of the molecule is Cc1cnn(CCNC[C@H](O)COc2cc(Cl)ccc2Cl)c1. The molecule has 1 aromatic carbocycles. The van der Waals surface area contributed by atoms with Crippen LogP contribution in [0.15, 0.2) is 30.6 Å². The van der Waals surface area contributed by atoms with Crippen molar-refractivity contribution in [2.24, 2.45) is 0 Å². The first-order chi connectivity index (χ1) is 10.5. The second-order valence-electron chi connectivity index (χ2n) is 5.02. The summed E-state index contributed by atoms with van der Waals surface area (Å²) in [6, 6.07) is 4.98. The van der Waals surface area contributed by atoms with E-state index in [9.17, 15) is 5.11 Å². The van der Waals surface area contributed by atoms with Crippen molar-refractivity contribution in [2.45, 2.75) is 19.6 Å². The van der Waals surface area contributed by atoms with E-state index in [1.807, 2.05) is 24.0 Å². The van der Waals surface area contributed by atoms with Gasteiger partial charge in [-0.15, -0.1) is 0 Å². The number of ether oxygens (including phenoxy) is 1.